The van der Waals surface area contributed by atoms with Crippen molar-refractivity contribution in [3.05, 3.63) is 0 Å². The third-order valence-electron chi connectivity index (χ3n) is 2.59. The van der Waals surface area contributed by atoms with Gasteiger partial charge in [0, 0.05) is 12.8 Å². The van der Waals surface area contributed by atoms with E-state index in [4.69, 9.17) is 0 Å². The SMILES string of the molecule is C=NC(=O)[C@@H]1CC(=O)CN1C(=O)CC(C)(C)C. The zero-order valence-electron chi connectivity index (χ0n) is 10.5. The van der Waals surface area contributed by atoms with Crippen LogP contribution in [0.4, 0.5) is 0 Å². The highest BCUT2D eigenvalue weighted by molar-refractivity contribution is 5.99. The second-order valence-corrected chi connectivity index (χ2v) is 5.51. The lowest BCUT2D eigenvalue weighted by atomic mass is 9.91. The number of carbonyl (C=O) groups excluding carboxylic acids is 3. The summed E-state index contributed by atoms with van der Waals surface area (Å²) < 4.78 is 0. The van der Waals surface area contributed by atoms with E-state index >= 15 is 0 Å². The molecule has 0 bridgehead atoms. The number of ketones is 1. The minimum absolute atomic E-state index is 0.0147. The van der Waals surface area contributed by atoms with E-state index in [2.05, 4.69) is 11.7 Å². The third-order valence-corrected chi connectivity index (χ3v) is 2.59. The van der Waals surface area contributed by atoms with Gasteiger partial charge in [-0.2, -0.15) is 0 Å². The lowest BCUT2D eigenvalue weighted by molar-refractivity contribution is -0.139. The van der Waals surface area contributed by atoms with E-state index in [0.717, 1.165) is 0 Å². The van der Waals surface area contributed by atoms with Crippen molar-refractivity contribution < 1.29 is 14.4 Å². The van der Waals surface area contributed by atoms with Crippen LogP contribution in [0.3, 0.4) is 0 Å². The topological polar surface area (TPSA) is 66.8 Å². The van der Waals surface area contributed by atoms with Crippen LogP contribution in [-0.4, -0.2) is 41.8 Å². The molecule has 0 saturated carbocycles. The third kappa shape index (κ3) is 3.47. The summed E-state index contributed by atoms with van der Waals surface area (Å²) in [6.07, 6.45) is 0.370. The fourth-order valence-electron chi connectivity index (χ4n) is 1.83. The maximum atomic E-state index is 12.0. The van der Waals surface area contributed by atoms with Gasteiger partial charge in [-0.1, -0.05) is 20.8 Å². The fourth-order valence-corrected chi connectivity index (χ4v) is 1.83. The van der Waals surface area contributed by atoms with Crippen LogP contribution in [-0.2, 0) is 14.4 Å². The minimum Gasteiger partial charge on any atom is -0.323 e. The first-order chi connectivity index (χ1) is 7.74. The van der Waals surface area contributed by atoms with Crippen molar-refractivity contribution in [2.45, 2.75) is 39.7 Å². The highest BCUT2D eigenvalue weighted by Gasteiger charge is 2.39. The molecule has 17 heavy (non-hydrogen) atoms. The molecule has 1 aliphatic heterocycles. The standard InChI is InChI=1S/C12H18N2O3/c1-12(2,3)6-10(16)14-7-8(15)5-9(14)11(17)13-4/h9H,4-7H2,1-3H3/t9-/m0/s1. The van der Waals surface area contributed by atoms with E-state index < -0.39 is 11.9 Å². The monoisotopic (exact) mass is 238 g/mol. The van der Waals surface area contributed by atoms with E-state index in [9.17, 15) is 14.4 Å². The van der Waals surface area contributed by atoms with Gasteiger partial charge in [0.15, 0.2) is 5.78 Å². The molecule has 1 rings (SSSR count). The van der Waals surface area contributed by atoms with Crippen LogP contribution in [0.1, 0.15) is 33.6 Å². The zero-order valence-corrected chi connectivity index (χ0v) is 10.5. The first kappa shape index (κ1) is 13.5. The molecule has 5 nitrogen and oxygen atoms in total. The molecule has 0 radical (unpaired) electrons. The summed E-state index contributed by atoms with van der Waals surface area (Å²) in [5.74, 6) is -0.780. The molecule has 1 heterocycles. The number of likely N-dealkylation sites (tertiary alicyclic amines) is 1. The number of Topliss-reactive ketones (excluding diaryl/α,β-unsaturated/α-hetero) is 1. The summed E-state index contributed by atoms with van der Waals surface area (Å²) in [6, 6.07) is -0.741. The fraction of sp³-hybridized carbons (Fsp3) is 0.667. The second kappa shape index (κ2) is 4.77. The van der Waals surface area contributed by atoms with E-state index in [1.165, 1.54) is 4.90 Å². The van der Waals surface area contributed by atoms with Crippen molar-refractivity contribution in [1.29, 1.82) is 0 Å². The summed E-state index contributed by atoms with van der Waals surface area (Å²) in [6.45, 7) is 8.97. The van der Waals surface area contributed by atoms with Gasteiger partial charge in [-0.3, -0.25) is 14.4 Å². The van der Waals surface area contributed by atoms with Crippen LogP contribution < -0.4 is 0 Å². The van der Waals surface area contributed by atoms with Gasteiger partial charge >= 0.3 is 0 Å². The van der Waals surface area contributed by atoms with Gasteiger partial charge < -0.3 is 4.90 Å². The van der Waals surface area contributed by atoms with E-state index in [-0.39, 0.29) is 30.1 Å². The average Bonchev–Trinajstić information content (AvgIpc) is 2.56. The van der Waals surface area contributed by atoms with E-state index in [1.807, 2.05) is 20.8 Å². The van der Waals surface area contributed by atoms with Gasteiger partial charge in [-0.05, 0) is 12.1 Å². The van der Waals surface area contributed by atoms with Crippen LogP contribution in [0.25, 0.3) is 0 Å². The summed E-state index contributed by atoms with van der Waals surface area (Å²) >= 11 is 0. The van der Waals surface area contributed by atoms with Crippen molar-refractivity contribution in [2.75, 3.05) is 6.54 Å². The van der Waals surface area contributed by atoms with Crippen LogP contribution >= 0.6 is 0 Å². The summed E-state index contributed by atoms with van der Waals surface area (Å²) in [7, 11) is 0. The molecule has 5 heteroatoms. The lowest BCUT2D eigenvalue weighted by Crippen LogP contribution is -2.41. The number of rotatable bonds is 2. The Morgan fingerprint density at radius 3 is 2.53 bits per heavy atom. The highest BCUT2D eigenvalue weighted by Crippen LogP contribution is 2.24. The number of hydrogen-bond donors (Lipinski definition) is 0. The minimum atomic E-state index is -0.741. The molecule has 0 N–H and O–H groups in total. The van der Waals surface area contributed by atoms with Crippen molar-refractivity contribution in [1.82, 2.24) is 4.90 Å². The van der Waals surface area contributed by atoms with Crippen LogP contribution in [0, 0.1) is 5.41 Å². The molecular weight excluding hydrogens is 220 g/mol. The average molecular weight is 238 g/mol. The molecule has 1 atom stereocenters. The van der Waals surface area contributed by atoms with Gasteiger partial charge in [-0.25, -0.2) is 4.99 Å². The predicted molar refractivity (Wildman–Crippen MR) is 63.8 cm³/mol. The molecule has 1 fully saturated rings. The van der Waals surface area contributed by atoms with Gasteiger partial charge in [0.1, 0.15) is 6.04 Å². The number of carbonyl (C=O) groups is 3. The number of hydrogen-bond acceptors (Lipinski definition) is 3. The zero-order chi connectivity index (χ0) is 13.2. The quantitative estimate of drug-likeness (QED) is 0.669. The maximum Gasteiger partial charge on any atom is 0.268 e. The van der Waals surface area contributed by atoms with Gasteiger partial charge in [0.05, 0.1) is 6.54 Å². The molecule has 1 aliphatic rings. The number of nitrogens with zero attached hydrogens (tertiary/aromatic N) is 2. The number of aliphatic imine (C=N–C) groups is 1. The molecule has 0 aromatic heterocycles. The molecule has 0 spiro atoms. The Kier molecular flexibility index (Phi) is 3.80. The van der Waals surface area contributed by atoms with Gasteiger partial charge in [0.2, 0.25) is 5.91 Å². The van der Waals surface area contributed by atoms with Crippen LogP contribution in [0.15, 0.2) is 4.99 Å². The second-order valence-electron chi connectivity index (χ2n) is 5.51. The predicted octanol–water partition coefficient (Wildman–Crippen LogP) is 0.820. The Labute approximate surface area is 101 Å². The van der Waals surface area contributed by atoms with Crippen molar-refractivity contribution in [2.24, 2.45) is 10.4 Å². The Balaban J connectivity index is 2.80. The molecule has 1 saturated heterocycles. The molecular formula is C12H18N2O3. The largest absolute Gasteiger partial charge is 0.323 e. The Hall–Kier alpha value is -1.52. The lowest BCUT2D eigenvalue weighted by Gasteiger charge is -2.25. The van der Waals surface area contributed by atoms with Crippen molar-refractivity contribution in [3.8, 4) is 0 Å². The smallest absolute Gasteiger partial charge is 0.268 e. The van der Waals surface area contributed by atoms with Crippen LogP contribution in [0.5, 0.6) is 0 Å². The Morgan fingerprint density at radius 2 is 2.06 bits per heavy atom. The van der Waals surface area contributed by atoms with Crippen molar-refractivity contribution in [3.63, 3.8) is 0 Å². The Morgan fingerprint density at radius 1 is 1.47 bits per heavy atom. The van der Waals surface area contributed by atoms with Gasteiger partial charge in [0.25, 0.3) is 5.91 Å². The highest BCUT2D eigenvalue weighted by atomic mass is 16.2. The molecule has 0 unspecified atom stereocenters. The summed E-state index contributed by atoms with van der Waals surface area (Å²) in [5.41, 5.74) is -0.169. The summed E-state index contributed by atoms with van der Waals surface area (Å²) in [5, 5.41) is 0. The van der Waals surface area contributed by atoms with E-state index in [1.54, 1.807) is 0 Å². The van der Waals surface area contributed by atoms with Gasteiger partial charge in [-0.15, -0.1) is 0 Å². The van der Waals surface area contributed by atoms with Crippen molar-refractivity contribution >= 4 is 24.3 Å². The Bertz CT molecular complexity index is 368. The maximum absolute atomic E-state index is 12.0. The molecule has 0 aromatic carbocycles. The molecule has 94 valence electrons. The summed E-state index contributed by atoms with van der Waals surface area (Å²) in [4.78, 5) is 39.4. The normalized spacial score (nSPS) is 20.5. The van der Waals surface area contributed by atoms with Crippen LogP contribution in [0.2, 0.25) is 0 Å². The first-order valence-electron chi connectivity index (χ1n) is 5.56. The molecule has 0 aliphatic carbocycles. The number of amides is 2. The molecule has 0 aromatic rings. The molecule has 2 amide bonds. The first-order valence-corrected chi connectivity index (χ1v) is 5.56. The van der Waals surface area contributed by atoms with E-state index in [0.29, 0.717) is 6.42 Å².